The largest absolute Gasteiger partial charge is 0.330 e. The summed E-state index contributed by atoms with van der Waals surface area (Å²) in [5.74, 6) is 0. The van der Waals surface area contributed by atoms with E-state index in [-0.39, 0.29) is 0 Å². The van der Waals surface area contributed by atoms with Crippen molar-refractivity contribution in [3.8, 4) is 0 Å². The van der Waals surface area contributed by atoms with Crippen LogP contribution in [0.4, 0.5) is 0 Å². The molecule has 0 aromatic rings. The van der Waals surface area contributed by atoms with Crippen LogP contribution in [0.5, 0.6) is 0 Å². The molecule has 0 spiro atoms. The van der Waals surface area contributed by atoms with Crippen LogP contribution in [0.2, 0.25) is 0 Å². The van der Waals surface area contributed by atoms with Gasteiger partial charge in [-0.2, -0.15) is 0 Å². The standard InChI is InChI=1S/C12H27N3/c1-12(6-2-3-7-12)15(10-4-8-13)11-5-9-14/h2-11,13-14H2,1H3. The van der Waals surface area contributed by atoms with Crippen LogP contribution < -0.4 is 11.5 Å². The van der Waals surface area contributed by atoms with Crippen LogP contribution in [0.1, 0.15) is 45.4 Å². The van der Waals surface area contributed by atoms with E-state index < -0.39 is 0 Å². The molecule has 4 N–H and O–H groups in total. The molecule has 0 saturated heterocycles. The second kappa shape index (κ2) is 6.46. The maximum Gasteiger partial charge on any atom is 0.0181 e. The number of rotatable bonds is 7. The molecule has 1 saturated carbocycles. The minimum Gasteiger partial charge on any atom is -0.330 e. The lowest BCUT2D eigenvalue weighted by Gasteiger charge is -2.38. The van der Waals surface area contributed by atoms with E-state index in [0.717, 1.165) is 39.0 Å². The van der Waals surface area contributed by atoms with Gasteiger partial charge in [-0.25, -0.2) is 0 Å². The molecule has 0 bridgehead atoms. The van der Waals surface area contributed by atoms with Crippen molar-refractivity contribution in [1.82, 2.24) is 4.90 Å². The molecule has 0 atom stereocenters. The maximum atomic E-state index is 5.60. The lowest BCUT2D eigenvalue weighted by molar-refractivity contribution is 0.107. The van der Waals surface area contributed by atoms with Gasteiger partial charge in [0.05, 0.1) is 0 Å². The molecule has 0 amide bonds. The Morgan fingerprint density at radius 1 is 1.00 bits per heavy atom. The first-order valence-corrected chi connectivity index (χ1v) is 6.38. The zero-order valence-corrected chi connectivity index (χ0v) is 10.2. The maximum absolute atomic E-state index is 5.60. The lowest BCUT2D eigenvalue weighted by atomic mass is 9.97. The Morgan fingerprint density at radius 2 is 1.47 bits per heavy atom. The predicted molar refractivity (Wildman–Crippen MR) is 65.8 cm³/mol. The van der Waals surface area contributed by atoms with Gasteiger partial charge in [0, 0.05) is 5.54 Å². The van der Waals surface area contributed by atoms with Crippen molar-refractivity contribution in [3.05, 3.63) is 0 Å². The van der Waals surface area contributed by atoms with E-state index in [9.17, 15) is 0 Å². The van der Waals surface area contributed by atoms with Crippen molar-refractivity contribution >= 4 is 0 Å². The van der Waals surface area contributed by atoms with Gasteiger partial charge in [-0.1, -0.05) is 12.8 Å². The highest BCUT2D eigenvalue weighted by Crippen LogP contribution is 2.34. The molecular formula is C12H27N3. The number of hydrogen-bond acceptors (Lipinski definition) is 3. The van der Waals surface area contributed by atoms with Gasteiger partial charge in [0.2, 0.25) is 0 Å². The van der Waals surface area contributed by atoms with Crippen LogP contribution in [0, 0.1) is 0 Å². The molecule has 3 nitrogen and oxygen atoms in total. The highest BCUT2D eigenvalue weighted by Gasteiger charge is 2.33. The molecular weight excluding hydrogens is 186 g/mol. The quantitative estimate of drug-likeness (QED) is 0.670. The lowest BCUT2D eigenvalue weighted by Crippen LogP contribution is -2.46. The second-order valence-corrected chi connectivity index (χ2v) is 4.98. The highest BCUT2D eigenvalue weighted by molar-refractivity contribution is 4.90. The molecule has 0 aliphatic heterocycles. The molecule has 15 heavy (non-hydrogen) atoms. The predicted octanol–water partition coefficient (Wildman–Crippen LogP) is 1.32. The van der Waals surface area contributed by atoms with Crippen LogP contribution in [0.25, 0.3) is 0 Å². The third-order valence-electron chi connectivity index (χ3n) is 3.71. The van der Waals surface area contributed by atoms with Crippen molar-refractivity contribution in [3.63, 3.8) is 0 Å². The summed E-state index contributed by atoms with van der Waals surface area (Å²) < 4.78 is 0. The van der Waals surface area contributed by atoms with Gasteiger partial charge in [-0.3, -0.25) is 4.90 Å². The van der Waals surface area contributed by atoms with E-state index in [1.165, 1.54) is 25.7 Å². The van der Waals surface area contributed by atoms with Crippen LogP contribution in [-0.2, 0) is 0 Å². The summed E-state index contributed by atoms with van der Waals surface area (Å²) in [6.07, 6.45) is 7.70. The normalized spacial score (nSPS) is 20.0. The summed E-state index contributed by atoms with van der Waals surface area (Å²) in [7, 11) is 0. The van der Waals surface area contributed by atoms with Crippen molar-refractivity contribution < 1.29 is 0 Å². The molecule has 1 fully saturated rings. The molecule has 0 aromatic heterocycles. The van der Waals surface area contributed by atoms with Crippen LogP contribution in [0.3, 0.4) is 0 Å². The summed E-state index contributed by atoms with van der Waals surface area (Å²) in [6, 6.07) is 0. The van der Waals surface area contributed by atoms with Crippen molar-refractivity contribution in [1.29, 1.82) is 0 Å². The second-order valence-electron chi connectivity index (χ2n) is 4.98. The summed E-state index contributed by atoms with van der Waals surface area (Å²) in [4.78, 5) is 2.62. The molecule has 90 valence electrons. The third-order valence-corrected chi connectivity index (χ3v) is 3.71. The summed E-state index contributed by atoms with van der Waals surface area (Å²) >= 11 is 0. The molecule has 1 aliphatic carbocycles. The number of hydrogen-bond donors (Lipinski definition) is 2. The van der Waals surface area contributed by atoms with E-state index >= 15 is 0 Å². The Hall–Kier alpha value is -0.120. The average molecular weight is 213 g/mol. The van der Waals surface area contributed by atoms with Gasteiger partial charge in [-0.15, -0.1) is 0 Å². The summed E-state index contributed by atoms with van der Waals surface area (Å²) in [6.45, 7) is 6.30. The van der Waals surface area contributed by atoms with Gasteiger partial charge in [0.1, 0.15) is 0 Å². The van der Waals surface area contributed by atoms with Gasteiger partial charge in [0.15, 0.2) is 0 Å². The van der Waals surface area contributed by atoms with Gasteiger partial charge >= 0.3 is 0 Å². The zero-order valence-electron chi connectivity index (χ0n) is 10.2. The Balaban J connectivity index is 2.45. The molecule has 0 heterocycles. The van der Waals surface area contributed by atoms with Crippen LogP contribution in [-0.4, -0.2) is 36.6 Å². The number of nitrogens with two attached hydrogens (primary N) is 2. The van der Waals surface area contributed by atoms with E-state index in [4.69, 9.17) is 11.5 Å². The first kappa shape index (κ1) is 12.9. The summed E-state index contributed by atoms with van der Waals surface area (Å²) in [5, 5.41) is 0. The minimum atomic E-state index is 0.435. The highest BCUT2D eigenvalue weighted by atomic mass is 15.2. The fraction of sp³-hybridized carbons (Fsp3) is 1.00. The first-order valence-electron chi connectivity index (χ1n) is 6.38. The van der Waals surface area contributed by atoms with E-state index in [1.54, 1.807) is 0 Å². The smallest absolute Gasteiger partial charge is 0.0181 e. The van der Waals surface area contributed by atoms with Gasteiger partial charge in [0.25, 0.3) is 0 Å². The average Bonchev–Trinajstić information content (AvgIpc) is 2.66. The van der Waals surface area contributed by atoms with E-state index in [2.05, 4.69) is 11.8 Å². The number of nitrogens with zero attached hydrogens (tertiary/aromatic N) is 1. The molecule has 1 aliphatic rings. The fourth-order valence-electron chi connectivity index (χ4n) is 2.67. The topological polar surface area (TPSA) is 55.3 Å². The molecule has 0 radical (unpaired) electrons. The van der Waals surface area contributed by atoms with Gasteiger partial charge < -0.3 is 11.5 Å². The SMILES string of the molecule is CC1(N(CCCN)CCCN)CCCC1. The first-order chi connectivity index (χ1) is 7.23. The molecule has 0 unspecified atom stereocenters. The van der Waals surface area contributed by atoms with Crippen molar-refractivity contribution in [2.45, 2.75) is 51.0 Å². The monoisotopic (exact) mass is 213 g/mol. The molecule has 1 rings (SSSR count). The Kier molecular flexibility index (Phi) is 5.58. The van der Waals surface area contributed by atoms with Gasteiger partial charge in [-0.05, 0) is 58.8 Å². The van der Waals surface area contributed by atoms with Crippen molar-refractivity contribution in [2.24, 2.45) is 11.5 Å². The Bertz CT molecular complexity index is 156. The van der Waals surface area contributed by atoms with Crippen LogP contribution in [0.15, 0.2) is 0 Å². The third kappa shape index (κ3) is 3.74. The van der Waals surface area contributed by atoms with E-state index in [1.807, 2.05) is 0 Å². The minimum absolute atomic E-state index is 0.435. The zero-order chi connectivity index (χ0) is 11.1. The van der Waals surface area contributed by atoms with Crippen molar-refractivity contribution in [2.75, 3.05) is 26.2 Å². The van der Waals surface area contributed by atoms with E-state index in [0.29, 0.717) is 5.54 Å². The molecule has 0 aromatic carbocycles. The Morgan fingerprint density at radius 3 is 1.87 bits per heavy atom. The fourth-order valence-corrected chi connectivity index (χ4v) is 2.67. The van der Waals surface area contributed by atoms with Crippen LogP contribution >= 0.6 is 0 Å². The Labute approximate surface area is 94.2 Å². The summed E-state index contributed by atoms with van der Waals surface area (Å²) in [5.41, 5.74) is 11.6. The molecule has 3 heteroatoms.